The number of hydrogen-bond acceptors (Lipinski definition) is 3. The molecule has 0 aliphatic carbocycles. The molecule has 0 saturated carbocycles. The first kappa shape index (κ1) is 11.6. The van der Waals surface area contributed by atoms with Crippen molar-refractivity contribution in [2.45, 2.75) is 44.8 Å². The number of aromatic nitrogens is 1. The Morgan fingerprint density at radius 3 is 3.12 bits per heavy atom. The van der Waals surface area contributed by atoms with E-state index in [9.17, 15) is 0 Å². The van der Waals surface area contributed by atoms with Gasteiger partial charge in [-0.2, -0.15) is 0 Å². The van der Waals surface area contributed by atoms with Crippen LogP contribution in [0.25, 0.3) is 0 Å². The maximum atomic E-state index is 6.12. The summed E-state index contributed by atoms with van der Waals surface area (Å²) in [7, 11) is 0. The standard InChI is InChI=1S/C13H20N2O/c1-10-4-2-6-13(15-10)12(14)8-7-11-5-3-9-16-11/h2,4,6,11-12H,3,5,7-9,14H2,1H3. The van der Waals surface area contributed by atoms with Gasteiger partial charge in [0.15, 0.2) is 0 Å². The molecule has 2 rings (SSSR count). The van der Waals surface area contributed by atoms with Crippen molar-refractivity contribution in [2.75, 3.05) is 6.61 Å². The van der Waals surface area contributed by atoms with Crippen molar-refractivity contribution < 1.29 is 4.74 Å². The molecule has 3 nitrogen and oxygen atoms in total. The quantitative estimate of drug-likeness (QED) is 0.847. The lowest BCUT2D eigenvalue weighted by atomic mass is 10.0. The Morgan fingerprint density at radius 2 is 2.44 bits per heavy atom. The molecule has 1 saturated heterocycles. The molecule has 0 spiro atoms. The third-order valence-electron chi connectivity index (χ3n) is 3.11. The lowest BCUT2D eigenvalue weighted by Crippen LogP contribution is -2.15. The fraction of sp³-hybridized carbons (Fsp3) is 0.615. The van der Waals surface area contributed by atoms with Crippen molar-refractivity contribution >= 4 is 0 Å². The summed E-state index contributed by atoms with van der Waals surface area (Å²) in [5.41, 5.74) is 8.15. The van der Waals surface area contributed by atoms with Crippen LogP contribution in [0.5, 0.6) is 0 Å². The zero-order chi connectivity index (χ0) is 11.4. The highest BCUT2D eigenvalue weighted by Crippen LogP contribution is 2.21. The molecule has 0 amide bonds. The van der Waals surface area contributed by atoms with Gasteiger partial charge in [0.2, 0.25) is 0 Å². The van der Waals surface area contributed by atoms with Gasteiger partial charge in [0.25, 0.3) is 0 Å². The fourth-order valence-corrected chi connectivity index (χ4v) is 2.16. The van der Waals surface area contributed by atoms with Crippen LogP contribution in [0.2, 0.25) is 0 Å². The lowest BCUT2D eigenvalue weighted by molar-refractivity contribution is 0.101. The number of aryl methyl sites for hydroxylation is 1. The number of pyridine rings is 1. The van der Waals surface area contributed by atoms with Crippen molar-refractivity contribution in [1.29, 1.82) is 0 Å². The van der Waals surface area contributed by atoms with E-state index in [1.807, 2.05) is 25.1 Å². The molecule has 1 aromatic rings. The second kappa shape index (κ2) is 5.41. The van der Waals surface area contributed by atoms with Crippen molar-refractivity contribution in [2.24, 2.45) is 5.73 Å². The van der Waals surface area contributed by atoms with Crippen molar-refractivity contribution in [3.63, 3.8) is 0 Å². The Balaban J connectivity index is 1.85. The molecule has 0 radical (unpaired) electrons. The Bertz CT molecular complexity index is 334. The third-order valence-corrected chi connectivity index (χ3v) is 3.11. The van der Waals surface area contributed by atoms with E-state index >= 15 is 0 Å². The number of nitrogens with zero attached hydrogens (tertiary/aromatic N) is 1. The zero-order valence-corrected chi connectivity index (χ0v) is 9.86. The first-order valence-electron chi connectivity index (χ1n) is 6.06. The Hall–Kier alpha value is -0.930. The Kier molecular flexibility index (Phi) is 3.91. The average molecular weight is 220 g/mol. The number of rotatable bonds is 4. The van der Waals surface area contributed by atoms with E-state index in [1.165, 1.54) is 12.8 Å². The monoisotopic (exact) mass is 220 g/mol. The second-order valence-electron chi connectivity index (χ2n) is 4.52. The van der Waals surface area contributed by atoms with Crippen LogP contribution >= 0.6 is 0 Å². The summed E-state index contributed by atoms with van der Waals surface area (Å²) in [6.07, 6.45) is 4.82. The lowest BCUT2D eigenvalue weighted by Gasteiger charge is -2.14. The highest BCUT2D eigenvalue weighted by Gasteiger charge is 2.17. The van der Waals surface area contributed by atoms with E-state index in [4.69, 9.17) is 10.5 Å². The number of hydrogen-bond donors (Lipinski definition) is 1. The van der Waals surface area contributed by atoms with Crippen molar-refractivity contribution in [1.82, 2.24) is 4.98 Å². The summed E-state index contributed by atoms with van der Waals surface area (Å²) in [5.74, 6) is 0. The van der Waals surface area contributed by atoms with Gasteiger partial charge in [-0.05, 0) is 44.7 Å². The Labute approximate surface area is 97.0 Å². The highest BCUT2D eigenvalue weighted by molar-refractivity contribution is 5.12. The predicted octanol–water partition coefficient (Wildman–Crippen LogP) is 2.35. The van der Waals surface area contributed by atoms with Crippen molar-refractivity contribution in [3.05, 3.63) is 29.6 Å². The first-order valence-corrected chi connectivity index (χ1v) is 6.06. The minimum Gasteiger partial charge on any atom is -0.378 e. The smallest absolute Gasteiger partial charge is 0.0576 e. The molecule has 1 aromatic heterocycles. The average Bonchev–Trinajstić information content (AvgIpc) is 2.78. The van der Waals surface area contributed by atoms with Gasteiger partial charge in [0.05, 0.1) is 11.8 Å². The third kappa shape index (κ3) is 3.03. The molecule has 16 heavy (non-hydrogen) atoms. The summed E-state index contributed by atoms with van der Waals surface area (Å²) in [6, 6.07) is 6.07. The molecule has 1 aliphatic heterocycles. The minimum atomic E-state index is 0.0455. The highest BCUT2D eigenvalue weighted by atomic mass is 16.5. The van der Waals surface area contributed by atoms with E-state index in [0.717, 1.165) is 30.8 Å². The molecule has 1 fully saturated rings. The van der Waals surface area contributed by atoms with Crippen molar-refractivity contribution in [3.8, 4) is 0 Å². The van der Waals surface area contributed by atoms with Crippen LogP contribution in [-0.2, 0) is 4.74 Å². The molecule has 0 aromatic carbocycles. The second-order valence-corrected chi connectivity index (χ2v) is 4.52. The topological polar surface area (TPSA) is 48.1 Å². The van der Waals surface area contributed by atoms with Gasteiger partial charge < -0.3 is 10.5 Å². The van der Waals surface area contributed by atoms with Crippen LogP contribution in [0.1, 0.15) is 43.1 Å². The van der Waals surface area contributed by atoms with E-state index in [0.29, 0.717) is 6.10 Å². The molecular formula is C13H20N2O. The SMILES string of the molecule is Cc1cccc(C(N)CCC2CCCO2)n1. The van der Waals surface area contributed by atoms with E-state index in [-0.39, 0.29) is 6.04 Å². The largest absolute Gasteiger partial charge is 0.378 e. The van der Waals surface area contributed by atoms with Gasteiger partial charge in [-0.1, -0.05) is 6.07 Å². The summed E-state index contributed by atoms with van der Waals surface area (Å²) < 4.78 is 5.59. The van der Waals surface area contributed by atoms with Crippen LogP contribution in [0, 0.1) is 6.92 Å². The van der Waals surface area contributed by atoms with Gasteiger partial charge in [-0.15, -0.1) is 0 Å². The molecule has 0 bridgehead atoms. The van der Waals surface area contributed by atoms with Gasteiger partial charge in [0.1, 0.15) is 0 Å². The van der Waals surface area contributed by atoms with E-state index < -0.39 is 0 Å². The van der Waals surface area contributed by atoms with Crippen LogP contribution in [-0.4, -0.2) is 17.7 Å². The summed E-state index contributed by atoms with van der Waals surface area (Å²) in [6.45, 7) is 2.92. The molecule has 2 unspecified atom stereocenters. The van der Waals surface area contributed by atoms with Crippen LogP contribution < -0.4 is 5.73 Å². The molecular weight excluding hydrogens is 200 g/mol. The van der Waals surface area contributed by atoms with Gasteiger partial charge in [-0.3, -0.25) is 4.98 Å². The fourth-order valence-electron chi connectivity index (χ4n) is 2.16. The van der Waals surface area contributed by atoms with E-state index in [2.05, 4.69) is 4.98 Å². The first-order chi connectivity index (χ1) is 7.75. The predicted molar refractivity (Wildman–Crippen MR) is 64.1 cm³/mol. The minimum absolute atomic E-state index is 0.0455. The maximum absolute atomic E-state index is 6.12. The molecule has 3 heteroatoms. The van der Waals surface area contributed by atoms with Crippen LogP contribution in [0.15, 0.2) is 18.2 Å². The molecule has 2 heterocycles. The van der Waals surface area contributed by atoms with E-state index in [1.54, 1.807) is 0 Å². The van der Waals surface area contributed by atoms with Crippen LogP contribution in [0.4, 0.5) is 0 Å². The van der Waals surface area contributed by atoms with Gasteiger partial charge in [0, 0.05) is 18.3 Å². The van der Waals surface area contributed by atoms with Crippen LogP contribution in [0.3, 0.4) is 0 Å². The normalized spacial score (nSPS) is 22.2. The summed E-state index contributed by atoms with van der Waals surface area (Å²) in [4.78, 5) is 4.45. The van der Waals surface area contributed by atoms with Gasteiger partial charge >= 0.3 is 0 Å². The van der Waals surface area contributed by atoms with Gasteiger partial charge in [-0.25, -0.2) is 0 Å². The Morgan fingerprint density at radius 1 is 1.56 bits per heavy atom. The number of nitrogens with two attached hydrogens (primary N) is 1. The molecule has 1 aliphatic rings. The number of ether oxygens (including phenoxy) is 1. The molecule has 88 valence electrons. The molecule has 2 atom stereocenters. The summed E-state index contributed by atoms with van der Waals surface area (Å²) >= 11 is 0. The zero-order valence-electron chi connectivity index (χ0n) is 9.86. The molecule has 2 N–H and O–H groups in total. The maximum Gasteiger partial charge on any atom is 0.0576 e. The summed E-state index contributed by atoms with van der Waals surface area (Å²) in [5, 5.41) is 0.